The Kier molecular flexibility index (Phi) is 8.06. The molecule has 0 aromatic carbocycles. The second kappa shape index (κ2) is 9.56. The van der Waals surface area contributed by atoms with Crippen molar-refractivity contribution >= 4 is 17.2 Å². The van der Waals surface area contributed by atoms with Crippen LogP contribution in [-0.2, 0) is 4.74 Å². The lowest BCUT2D eigenvalue weighted by Gasteiger charge is -2.16. The van der Waals surface area contributed by atoms with Gasteiger partial charge in [0.15, 0.2) is 0 Å². The molecular formula is C16H23NO3S. The first-order valence-corrected chi connectivity index (χ1v) is 7.94. The zero-order valence-corrected chi connectivity index (χ0v) is 13.7. The topological polar surface area (TPSA) is 58.6 Å². The van der Waals surface area contributed by atoms with Crippen LogP contribution < -0.4 is 5.32 Å². The van der Waals surface area contributed by atoms with Gasteiger partial charge in [-0.25, -0.2) is 0 Å². The van der Waals surface area contributed by atoms with Crippen molar-refractivity contribution in [2.45, 2.75) is 39.2 Å². The van der Waals surface area contributed by atoms with Gasteiger partial charge in [-0.15, -0.1) is 11.3 Å². The number of hydrogen-bond donors (Lipinski definition) is 2. The SMILES string of the molecule is CCCC(COC)NC(=O)c1cc(C)c(C#CCCO)s1. The summed E-state index contributed by atoms with van der Waals surface area (Å²) in [7, 11) is 1.64. The minimum absolute atomic E-state index is 0.0406. The highest BCUT2D eigenvalue weighted by Crippen LogP contribution is 2.21. The van der Waals surface area contributed by atoms with Crippen molar-refractivity contribution in [1.82, 2.24) is 5.32 Å². The molecule has 0 bridgehead atoms. The number of thiophene rings is 1. The van der Waals surface area contributed by atoms with Gasteiger partial charge in [-0.05, 0) is 25.0 Å². The number of hydrogen-bond acceptors (Lipinski definition) is 4. The maximum Gasteiger partial charge on any atom is 0.261 e. The number of aryl methyl sites for hydroxylation is 1. The molecule has 1 atom stereocenters. The predicted octanol–water partition coefficient (Wildman–Crippen LogP) is 2.34. The molecule has 1 unspecified atom stereocenters. The fraction of sp³-hybridized carbons (Fsp3) is 0.562. The van der Waals surface area contributed by atoms with Gasteiger partial charge in [-0.3, -0.25) is 4.79 Å². The Morgan fingerprint density at radius 3 is 2.95 bits per heavy atom. The summed E-state index contributed by atoms with van der Waals surface area (Å²) >= 11 is 1.39. The molecule has 21 heavy (non-hydrogen) atoms. The molecule has 0 aliphatic rings. The van der Waals surface area contributed by atoms with Crippen molar-refractivity contribution in [3.8, 4) is 11.8 Å². The fourth-order valence-electron chi connectivity index (χ4n) is 1.92. The van der Waals surface area contributed by atoms with Crippen molar-refractivity contribution < 1.29 is 14.6 Å². The van der Waals surface area contributed by atoms with Gasteiger partial charge >= 0.3 is 0 Å². The summed E-state index contributed by atoms with van der Waals surface area (Å²) in [6.07, 6.45) is 2.34. The van der Waals surface area contributed by atoms with E-state index < -0.39 is 0 Å². The first-order valence-electron chi connectivity index (χ1n) is 7.12. The van der Waals surface area contributed by atoms with E-state index >= 15 is 0 Å². The number of methoxy groups -OCH3 is 1. The molecule has 1 aromatic rings. The molecule has 4 nitrogen and oxygen atoms in total. The summed E-state index contributed by atoms with van der Waals surface area (Å²) in [5.41, 5.74) is 0.995. The van der Waals surface area contributed by atoms with Crippen molar-refractivity contribution in [3.63, 3.8) is 0 Å². The number of nitrogens with one attached hydrogen (secondary N) is 1. The first-order chi connectivity index (χ1) is 10.1. The molecular weight excluding hydrogens is 286 g/mol. The molecule has 0 fully saturated rings. The molecule has 0 spiro atoms. The normalized spacial score (nSPS) is 11.6. The van der Waals surface area contributed by atoms with Crippen LogP contribution in [0, 0.1) is 18.8 Å². The standard InChI is InChI=1S/C16H23NO3S/c1-4-7-13(11-20-3)17-16(19)15-10-12(2)14(21-15)8-5-6-9-18/h10,13,18H,4,6-7,9,11H2,1-3H3,(H,17,19). The average molecular weight is 309 g/mol. The summed E-state index contributed by atoms with van der Waals surface area (Å²) in [5.74, 6) is 5.81. The second-order valence-corrected chi connectivity index (χ2v) is 5.86. The third kappa shape index (κ3) is 5.88. The Morgan fingerprint density at radius 1 is 1.57 bits per heavy atom. The largest absolute Gasteiger partial charge is 0.395 e. The zero-order chi connectivity index (χ0) is 15.7. The lowest BCUT2D eigenvalue weighted by molar-refractivity contribution is 0.0895. The Morgan fingerprint density at radius 2 is 2.33 bits per heavy atom. The zero-order valence-electron chi connectivity index (χ0n) is 12.9. The molecule has 0 aliphatic heterocycles. The number of carbonyl (C=O) groups is 1. The van der Waals surface area contributed by atoms with Crippen LogP contribution in [0.4, 0.5) is 0 Å². The van der Waals surface area contributed by atoms with Crippen LogP contribution in [-0.4, -0.2) is 37.4 Å². The van der Waals surface area contributed by atoms with Crippen molar-refractivity contribution in [2.24, 2.45) is 0 Å². The Hall–Kier alpha value is -1.35. The van der Waals surface area contributed by atoms with Crippen LogP contribution in [0.25, 0.3) is 0 Å². The van der Waals surface area contributed by atoms with E-state index in [1.54, 1.807) is 7.11 Å². The Bertz CT molecular complexity index is 507. The molecule has 1 rings (SSSR count). The van der Waals surface area contributed by atoms with Crippen LogP contribution in [0.3, 0.4) is 0 Å². The van der Waals surface area contributed by atoms with Crippen LogP contribution in [0.1, 0.15) is 46.3 Å². The van der Waals surface area contributed by atoms with Gasteiger partial charge in [-0.2, -0.15) is 0 Å². The van der Waals surface area contributed by atoms with Gasteiger partial charge in [0, 0.05) is 13.5 Å². The molecule has 5 heteroatoms. The minimum Gasteiger partial charge on any atom is -0.395 e. The monoisotopic (exact) mass is 309 g/mol. The molecule has 1 aromatic heterocycles. The van der Waals surface area contributed by atoms with Gasteiger partial charge in [0.25, 0.3) is 5.91 Å². The highest BCUT2D eigenvalue weighted by molar-refractivity contribution is 7.14. The molecule has 0 saturated heterocycles. The third-order valence-electron chi connectivity index (χ3n) is 2.92. The summed E-state index contributed by atoms with van der Waals surface area (Å²) in [6.45, 7) is 4.60. The number of aliphatic hydroxyl groups is 1. The third-order valence-corrected chi connectivity index (χ3v) is 4.07. The molecule has 0 aliphatic carbocycles. The number of amides is 1. The van der Waals surface area contributed by atoms with Crippen molar-refractivity contribution in [2.75, 3.05) is 20.3 Å². The molecule has 0 saturated carbocycles. The maximum absolute atomic E-state index is 12.3. The summed E-state index contributed by atoms with van der Waals surface area (Å²) in [5, 5.41) is 11.7. The van der Waals surface area contributed by atoms with E-state index in [1.807, 2.05) is 13.0 Å². The van der Waals surface area contributed by atoms with E-state index in [0.717, 1.165) is 23.3 Å². The highest BCUT2D eigenvalue weighted by Gasteiger charge is 2.16. The molecule has 0 radical (unpaired) electrons. The van der Waals surface area contributed by atoms with Gasteiger partial charge in [0.1, 0.15) is 0 Å². The quantitative estimate of drug-likeness (QED) is 0.760. The van der Waals surface area contributed by atoms with Crippen LogP contribution >= 0.6 is 11.3 Å². The highest BCUT2D eigenvalue weighted by atomic mass is 32.1. The summed E-state index contributed by atoms with van der Waals surface area (Å²) < 4.78 is 5.13. The lowest BCUT2D eigenvalue weighted by Crippen LogP contribution is -2.37. The number of ether oxygens (including phenoxy) is 1. The van der Waals surface area contributed by atoms with Gasteiger partial charge in [-0.1, -0.05) is 25.2 Å². The summed E-state index contributed by atoms with van der Waals surface area (Å²) in [6, 6.07) is 1.90. The van der Waals surface area contributed by atoms with Crippen LogP contribution in [0.2, 0.25) is 0 Å². The molecule has 1 amide bonds. The van der Waals surface area contributed by atoms with Crippen molar-refractivity contribution in [1.29, 1.82) is 0 Å². The first kappa shape index (κ1) is 17.7. The average Bonchev–Trinajstić information content (AvgIpc) is 2.81. The number of carbonyl (C=O) groups excluding carboxylic acids is 1. The maximum atomic E-state index is 12.3. The Balaban J connectivity index is 2.74. The van der Waals surface area contributed by atoms with E-state index in [2.05, 4.69) is 24.1 Å². The van der Waals surface area contributed by atoms with Crippen LogP contribution in [0.5, 0.6) is 0 Å². The Labute approximate surface area is 130 Å². The van der Waals surface area contributed by atoms with E-state index in [0.29, 0.717) is 17.9 Å². The van der Waals surface area contributed by atoms with Gasteiger partial charge in [0.05, 0.1) is 29.0 Å². The predicted molar refractivity (Wildman–Crippen MR) is 85.7 cm³/mol. The molecule has 116 valence electrons. The van der Waals surface area contributed by atoms with Crippen molar-refractivity contribution in [3.05, 3.63) is 21.4 Å². The van der Waals surface area contributed by atoms with Gasteiger partial charge < -0.3 is 15.2 Å². The second-order valence-electron chi connectivity index (χ2n) is 4.81. The minimum atomic E-state index is -0.0752. The van der Waals surface area contributed by atoms with Gasteiger partial charge in [0.2, 0.25) is 0 Å². The van der Waals surface area contributed by atoms with E-state index in [-0.39, 0.29) is 18.6 Å². The van der Waals surface area contributed by atoms with E-state index in [1.165, 1.54) is 11.3 Å². The van der Waals surface area contributed by atoms with E-state index in [4.69, 9.17) is 9.84 Å². The van der Waals surface area contributed by atoms with Crippen LogP contribution in [0.15, 0.2) is 6.07 Å². The lowest BCUT2D eigenvalue weighted by atomic mass is 10.2. The molecule has 2 N–H and O–H groups in total. The smallest absolute Gasteiger partial charge is 0.261 e. The molecule has 1 heterocycles. The van der Waals surface area contributed by atoms with E-state index in [9.17, 15) is 4.79 Å². The number of rotatable bonds is 7. The fourth-order valence-corrected chi connectivity index (χ4v) is 2.87. The number of aliphatic hydroxyl groups excluding tert-OH is 1. The summed E-state index contributed by atoms with van der Waals surface area (Å²) in [4.78, 5) is 13.8.